The minimum Gasteiger partial charge on any atom is -0.449 e. The summed E-state index contributed by atoms with van der Waals surface area (Å²) in [6.45, 7) is 1.67. The van der Waals surface area contributed by atoms with Crippen molar-refractivity contribution in [2.75, 3.05) is 7.11 Å². The molecule has 3 rings (SSSR count). The first-order chi connectivity index (χ1) is 13.5. The largest absolute Gasteiger partial charge is 0.449 e. The quantitative estimate of drug-likeness (QED) is 0.765. The van der Waals surface area contributed by atoms with E-state index in [1.165, 1.54) is 14.0 Å². The van der Waals surface area contributed by atoms with E-state index in [9.17, 15) is 14.9 Å². The molecule has 2 aromatic rings. The number of hydrogen-bond acceptors (Lipinski definition) is 6. The molecule has 28 heavy (non-hydrogen) atoms. The minimum atomic E-state index is -1.05. The summed E-state index contributed by atoms with van der Waals surface area (Å²) in [5.74, 6) is -1.20. The number of esters is 1. The zero-order chi connectivity index (χ0) is 20.1. The first-order valence-electron chi connectivity index (χ1n) is 9.43. The van der Waals surface area contributed by atoms with Gasteiger partial charge in [0.05, 0.1) is 12.7 Å². The highest BCUT2D eigenvalue weighted by Crippen LogP contribution is 2.29. The predicted molar refractivity (Wildman–Crippen MR) is 101 cm³/mol. The molecule has 0 saturated heterocycles. The lowest BCUT2D eigenvalue weighted by Gasteiger charge is -2.32. The second kappa shape index (κ2) is 8.44. The lowest BCUT2D eigenvalue weighted by molar-refractivity contribution is -0.130. The number of para-hydroxylation sites is 1. The maximum atomic E-state index is 12.6. The Morgan fingerprint density at radius 1 is 1.29 bits per heavy atom. The number of nitrogens with zero attached hydrogens (tertiary/aromatic N) is 1. The van der Waals surface area contributed by atoms with Gasteiger partial charge in [-0.1, -0.05) is 37.5 Å². The Morgan fingerprint density at radius 3 is 2.68 bits per heavy atom. The summed E-state index contributed by atoms with van der Waals surface area (Å²) in [6, 6.07) is 9.45. The van der Waals surface area contributed by atoms with Crippen molar-refractivity contribution in [2.24, 2.45) is 0 Å². The van der Waals surface area contributed by atoms with Crippen LogP contribution in [-0.2, 0) is 20.9 Å². The molecule has 0 bridgehead atoms. The summed E-state index contributed by atoms with van der Waals surface area (Å²) in [6.07, 6.45) is 3.00. The third-order valence-corrected chi connectivity index (χ3v) is 5.11. The van der Waals surface area contributed by atoms with Crippen molar-refractivity contribution < 1.29 is 23.5 Å². The maximum absolute atomic E-state index is 12.6. The molecule has 1 aliphatic carbocycles. The summed E-state index contributed by atoms with van der Waals surface area (Å²) in [7, 11) is 1.53. The molecule has 1 aromatic carbocycles. The van der Waals surface area contributed by atoms with E-state index < -0.39 is 23.5 Å². The number of nitriles is 1. The van der Waals surface area contributed by atoms with E-state index in [1.807, 2.05) is 12.1 Å². The number of benzene rings is 1. The number of methoxy groups -OCH3 is 1. The molecule has 148 valence electrons. The van der Waals surface area contributed by atoms with Crippen molar-refractivity contribution in [3.05, 3.63) is 35.6 Å². The van der Waals surface area contributed by atoms with Crippen LogP contribution in [0.25, 0.3) is 11.0 Å². The number of nitrogens with one attached hydrogen (secondary N) is 1. The summed E-state index contributed by atoms with van der Waals surface area (Å²) in [5.41, 5.74) is 0.247. The molecule has 1 saturated carbocycles. The summed E-state index contributed by atoms with van der Waals surface area (Å²) in [5, 5.41) is 13.0. The zero-order valence-electron chi connectivity index (χ0n) is 16.1. The van der Waals surface area contributed by atoms with Crippen LogP contribution in [0.5, 0.6) is 0 Å². The molecule has 1 atom stereocenters. The third kappa shape index (κ3) is 4.02. The second-order valence-electron chi connectivity index (χ2n) is 7.13. The molecular weight excluding hydrogens is 360 g/mol. The van der Waals surface area contributed by atoms with E-state index >= 15 is 0 Å². The number of rotatable bonds is 6. The molecule has 0 aliphatic heterocycles. The third-order valence-electron chi connectivity index (χ3n) is 5.11. The van der Waals surface area contributed by atoms with E-state index in [1.54, 1.807) is 12.1 Å². The SMILES string of the molecule is COCc1c(C(=O)O[C@H](C)C(=O)NC2(C#N)CCCCC2)oc2ccccc12. The fraction of sp³-hybridized carbons (Fsp3) is 0.476. The number of ether oxygens (including phenoxy) is 2. The molecule has 0 unspecified atom stereocenters. The topological polar surface area (TPSA) is 102 Å². The lowest BCUT2D eigenvalue weighted by atomic mass is 9.83. The van der Waals surface area contributed by atoms with Gasteiger partial charge in [-0.15, -0.1) is 0 Å². The van der Waals surface area contributed by atoms with Crippen molar-refractivity contribution in [3.63, 3.8) is 0 Å². The molecule has 1 N–H and O–H groups in total. The van der Waals surface area contributed by atoms with Gasteiger partial charge in [0.25, 0.3) is 5.91 Å². The van der Waals surface area contributed by atoms with Crippen molar-refractivity contribution in [2.45, 2.75) is 57.3 Å². The highest BCUT2D eigenvalue weighted by atomic mass is 16.6. The Hall–Kier alpha value is -2.85. The fourth-order valence-electron chi connectivity index (χ4n) is 3.58. The normalized spacial score (nSPS) is 16.9. The fourth-order valence-corrected chi connectivity index (χ4v) is 3.58. The van der Waals surface area contributed by atoms with Crippen LogP contribution in [-0.4, -0.2) is 30.6 Å². The van der Waals surface area contributed by atoms with Crippen LogP contribution in [0, 0.1) is 11.3 Å². The molecule has 0 spiro atoms. The second-order valence-corrected chi connectivity index (χ2v) is 7.13. The average molecular weight is 384 g/mol. The van der Waals surface area contributed by atoms with Crippen LogP contribution in [0.4, 0.5) is 0 Å². The van der Waals surface area contributed by atoms with Gasteiger partial charge in [0.1, 0.15) is 11.1 Å². The van der Waals surface area contributed by atoms with Crippen LogP contribution in [0.3, 0.4) is 0 Å². The lowest BCUT2D eigenvalue weighted by Crippen LogP contribution is -2.52. The zero-order valence-corrected chi connectivity index (χ0v) is 16.1. The standard InChI is InChI=1S/C21H24N2O5/c1-14(19(24)23-21(13-22)10-6-3-7-11-21)27-20(25)18-16(12-26-2)15-8-4-5-9-17(15)28-18/h4-5,8-9,14H,3,6-7,10-12H2,1-2H3,(H,23,24)/t14-/m1/s1. The van der Waals surface area contributed by atoms with E-state index in [0.29, 0.717) is 24.0 Å². The molecule has 1 heterocycles. The Bertz CT molecular complexity index is 905. The Balaban J connectivity index is 1.73. The van der Waals surface area contributed by atoms with Gasteiger partial charge in [-0.05, 0) is 25.8 Å². The van der Waals surface area contributed by atoms with E-state index in [0.717, 1.165) is 24.6 Å². The molecule has 1 aromatic heterocycles. The number of amides is 1. The van der Waals surface area contributed by atoms with E-state index in [4.69, 9.17) is 13.9 Å². The van der Waals surface area contributed by atoms with E-state index in [2.05, 4.69) is 11.4 Å². The molecule has 1 aliphatic rings. The van der Waals surface area contributed by atoms with Crippen LogP contribution < -0.4 is 5.32 Å². The molecule has 7 nitrogen and oxygen atoms in total. The molecule has 1 amide bonds. The summed E-state index contributed by atoms with van der Waals surface area (Å²) in [4.78, 5) is 25.2. The van der Waals surface area contributed by atoms with Gasteiger partial charge in [0.2, 0.25) is 5.76 Å². The monoisotopic (exact) mass is 384 g/mol. The van der Waals surface area contributed by atoms with Crippen molar-refractivity contribution in [1.82, 2.24) is 5.32 Å². The summed E-state index contributed by atoms with van der Waals surface area (Å²) >= 11 is 0. The number of hydrogen-bond donors (Lipinski definition) is 1. The highest BCUT2D eigenvalue weighted by molar-refractivity contribution is 5.97. The Labute approximate surface area is 163 Å². The van der Waals surface area contributed by atoms with E-state index in [-0.39, 0.29) is 12.4 Å². The van der Waals surface area contributed by atoms with Crippen LogP contribution >= 0.6 is 0 Å². The van der Waals surface area contributed by atoms with Gasteiger partial charge in [-0.2, -0.15) is 5.26 Å². The molecular formula is C21H24N2O5. The van der Waals surface area contributed by atoms with Gasteiger partial charge in [-0.3, -0.25) is 4.79 Å². The molecule has 7 heteroatoms. The predicted octanol–water partition coefficient (Wildman–Crippen LogP) is 3.47. The smallest absolute Gasteiger partial charge is 0.375 e. The Kier molecular flexibility index (Phi) is 6.00. The number of furan rings is 1. The van der Waals surface area contributed by atoms with Gasteiger partial charge in [0.15, 0.2) is 6.10 Å². The average Bonchev–Trinajstić information content (AvgIpc) is 3.08. The van der Waals surface area contributed by atoms with Gasteiger partial charge in [-0.25, -0.2) is 4.79 Å². The number of fused-ring (bicyclic) bond motifs is 1. The number of carbonyl (C=O) groups is 2. The maximum Gasteiger partial charge on any atom is 0.375 e. The summed E-state index contributed by atoms with van der Waals surface area (Å²) < 4.78 is 16.2. The van der Waals surface area contributed by atoms with Gasteiger partial charge in [0, 0.05) is 18.1 Å². The van der Waals surface area contributed by atoms with Gasteiger partial charge < -0.3 is 19.2 Å². The number of carbonyl (C=O) groups excluding carboxylic acids is 2. The minimum absolute atomic E-state index is 0.0235. The first kappa shape index (κ1) is 19.9. The van der Waals surface area contributed by atoms with Crippen LogP contribution in [0.15, 0.2) is 28.7 Å². The van der Waals surface area contributed by atoms with Crippen molar-refractivity contribution in [3.8, 4) is 6.07 Å². The Morgan fingerprint density at radius 2 is 2.00 bits per heavy atom. The highest BCUT2D eigenvalue weighted by Gasteiger charge is 2.36. The first-order valence-corrected chi connectivity index (χ1v) is 9.43. The van der Waals surface area contributed by atoms with Gasteiger partial charge >= 0.3 is 5.97 Å². The van der Waals surface area contributed by atoms with Crippen molar-refractivity contribution in [1.29, 1.82) is 5.26 Å². The molecule has 1 fully saturated rings. The van der Waals surface area contributed by atoms with Crippen molar-refractivity contribution >= 4 is 22.8 Å². The van der Waals surface area contributed by atoms with Crippen LogP contribution in [0.2, 0.25) is 0 Å². The van der Waals surface area contributed by atoms with Crippen LogP contribution in [0.1, 0.15) is 55.1 Å². The molecule has 0 radical (unpaired) electrons.